The van der Waals surface area contributed by atoms with Crippen molar-refractivity contribution in [1.29, 1.82) is 0 Å². The van der Waals surface area contributed by atoms with E-state index in [1.54, 1.807) is 24.3 Å². The van der Waals surface area contributed by atoms with Gasteiger partial charge in [-0.3, -0.25) is 9.59 Å². The zero-order valence-corrected chi connectivity index (χ0v) is 12.8. The van der Waals surface area contributed by atoms with E-state index in [1.165, 1.54) is 6.92 Å². The minimum Gasteiger partial charge on any atom is -0.325 e. The van der Waals surface area contributed by atoms with Crippen molar-refractivity contribution in [3.05, 3.63) is 65.7 Å². The molecule has 2 aromatic carbocycles. The van der Waals surface area contributed by atoms with Crippen LogP contribution in [0.1, 0.15) is 35.8 Å². The van der Waals surface area contributed by atoms with Gasteiger partial charge in [0.1, 0.15) is 0 Å². The minimum atomic E-state index is -0.113. The molecule has 4 heteroatoms. The highest BCUT2D eigenvalue weighted by atomic mass is 16.2. The van der Waals surface area contributed by atoms with Crippen LogP contribution in [0.5, 0.6) is 0 Å². The summed E-state index contributed by atoms with van der Waals surface area (Å²) in [6, 6.07) is 16.9. The second kappa shape index (κ2) is 7.52. The lowest BCUT2D eigenvalue weighted by Crippen LogP contribution is -2.30. The Kier molecular flexibility index (Phi) is 5.44. The van der Waals surface area contributed by atoms with Gasteiger partial charge in [-0.05, 0) is 43.7 Å². The van der Waals surface area contributed by atoms with Gasteiger partial charge in [0, 0.05) is 17.3 Å². The quantitative estimate of drug-likeness (QED) is 0.805. The SMILES string of the molecule is CC(=O)c1ccc(NC(=O)CN[C@@H](C)c2ccccc2)cc1. The van der Waals surface area contributed by atoms with Crippen LogP contribution in [-0.4, -0.2) is 18.2 Å². The van der Waals surface area contributed by atoms with Gasteiger partial charge in [-0.2, -0.15) is 0 Å². The summed E-state index contributed by atoms with van der Waals surface area (Å²) in [4.78, 5) is 23.1. The van der Waals surface area contributed by atoms with Crippen LogP contribution in [0.25, 0.3) is 0 Å². The number of carbonyl (C=O) groups excluding carboxylic acids is 2. The van der Waals surface area contributed by atoms with Crippen LogP contribution in [0.4, 0.5) is 5.69 Å². The smallest absolute Gasteiger partial charge is 0.238 e. The lowest BCUT2D eigenvalue weighted by molar-refractivity contribution is -0.115. The number of hydrogen-bond donors (Lipinski definition) is 2. The molecule has 0 aliphatic carbocycles. The maximum Gasteiger partial charge on any atom is 0.238 e. The van der Waals surface area contributed by atoms with Crippen molar-refractivity contribution in [2.45, 2.75) is 19.9 Å². The number of benzene rings is 2. The first-order valence-corrected chi connectivity index (χ1v) is 7.25. The fourth-order valence-electron chi connectivity index (χ4n) is 2.10. The first kappa shape index (κ1) is 15.9. The maximum atomic E-state index is 11.9. The van der Waals surface area contributed by atoms with Crippen LogP contribution in [0, 0.1) is 0 Å². The van der Waals surface area contributed by atoms with E-state index in [0.717, 1.165) is 5.56 Å². The molecule has 0 radical (unpaired) electrons. The highest BCUT2D eigenvalue weighted by Gasteiger charge is 2.08. The van der Waals surface area contributed by atoms with Gasteiger partial charge in [0.2, 0.25) is 5.91 Å². The topological polar surface area (TPSA) is 58.2 Å². The number of rotatable bonds is 6. The predicted octanol–water partition coefficient (Wildman–Crippen LogP) is 3.18. The lowest BCUT2D eigenvalue weighted by atomic mass is 10.1. The molecule has 0 aliphatic rings. The lowest BCUT2D eigenvalue weighted by Gasteiger charge is -2.14. The largest absolute Gasteiger partial charge is 0.325 e. The number of Topliss-reactive ketones (excluding diaryl/α,β-unsaturated/α-hetero) is 1. The summed E-state index contributed by atoms with van der Waals surface area (Å²) < 4.78 is 0. The molecule has 2 aromatic rings. The van der Waals surface area contributed by atoms with Crippen molar-refractivity contribution in [2.75, 3.05) is 11.9 Å². The summed E-state index contributed by atoms with van der Waals surface area (Å²) >= 11 is 0. The summed E-state index contributed by atoms with van der Waals surface area (Å²) in [6.45, 7) is 3.76. The standard InChI is InChI=1S/C18H20N2O2/c1-13(15-6-4-3-5-7-15)19-12-18(22)20-17-10-8-16(9-11-17)14(2)21/h3-11,13,19H,12H2,1-2H3,(H,20,22)/t13-/m0/s1. The normalized spacial score (nSPS) is 11.7. The Hall–Kier alpha value is -2.46. The van der Waals surface area contributed by atoms with E-state index in [2.05, 4.69) is 10.6 Å². The Labute approximate surface area is 130 Å². The molecule has 0 fully saturated rings. The molecule has 22 heavy (non-hydrogen) atoms. The van der Waals surface area contributed by atoms with Gasteiger partial charge in [0.05, 0.1) is 6.54 Å². The second-order valence-electron chi connectivity index (χ2n) is 5.19. The minimum absolute atomic E-state index is 0.0104. The van der Waals surface area contributed by atoms with Gasteiger partial charge in [-0.15, -0.1) is 0 Å². The third-order valence-electron chi connectivity index (χ3n) is 3.44. The number of hydrogen-bond acceptors (Lipinski definition) is 3. The number of ketones is 1. The third kappa shape index (κ3) is 4.53. The molecule has 2 rings (SSSR count). The Bertz CT molecular complexity index is 636. The van der Waals surface area contributed by atoms with Crippen molar-refractivity contribution in [3.8, 4) is 0 Å². The zero-order chi connectivity index (χ0) is 15.9. The Morgan fingerprint density at radius 3 is 2.23 bits per heavy atom. The van der Waals surface area contributed by atoms with Crippen LogP contribution < -0.4 is 10.6 Å². The first-order chi connectivity index (χ1) is 10.6. The molecule has 0 saturated heterocycles. The molecular formula is C18H20N2O2. The molecule has 1 amide bonds. The molecule has 4 nitrogen and oxygen atoms in total. The summed E-state index contributed by atoms with van der Waals surface area (Å²) in [6.07, 6.45) is 0. The molecule has 0 aliphatic heterocycles. The molecule has 0 spiro atoms. The number of anilines is 1. The van der Waals surface area contributed by atoms with E-state index < -0.39 is 0 Å². The summed E-state index contributed by atoms with van der Waals surface area (Å²) in [5.41, 5.74) is 2.46. The average Bonchev–Trinajstić information content (AvgIpc) is 2.54. The Balaban J connectivity index is 1.84. The molecule has 2 N–H and O–H groups in total. The number of nitrogens with one attached hydrogen (secondary N) is 2. The molecule has 0 unspecified atom stereocenters. The maximum absolute atomic E-state index is 11.9. The van der Waals surface area contributed by atoms with Gasteiger partial charge < -0.3 is 10.6 Å². The molecule has 114 valence electrons. The van der Waals surface area contributed by atoms with Gasteiger partial charge in [-0.25, -0.2) is 0 Å². The molecular weight excluding hydrogens is 276 g/mol. The van der Waals surface area contributed by atoms with Crippen molar-refractivity contribution in [1.82, 2.24) is 5.32 Å². The van der Waals surface area contributed by atoms with Gasteiger partial charge >= 0.3 is 0 Å². The van der Waals surface area contributed by atoms with Crippen molar-refractivity contribution < 1.29 is 9.59 Å². The summed E-state index contributed by atoms with van der Waals surface area (Å²) in [5, 5.41) is 5.98. The zero-order valence-electron chi connectivity index (χ0n) is 12.8. The van der Waals surface area contributed by atoms with E-state index in [9.17, 15) is 9.59 Å². The molecule has 0 bridgehead atoms. The van der Waals surface area contributed by atoms with E-state index in [4.69, 9.17) is 0 Å². The van der Waals surface area contributed by atoms with Crippen molar-refractivity contribution in [2.24, 2.45) is 0 Å². The third-order valence-corrected chi connectivity index (χ3v) is 3.44. The van der Waals surface area contributed by atoms with Crippen LogP contribution in [0.2, 0.25) is 0 Å². The van der Waals surface area contributed by atoms with Gasteiger partial charge in [-0.1, -0.05) is 30.3 Å². The highest BCUT2D eigenvalue weighted by molar-refractivity contribution is 5.96. The molecule has 0 heterocycles. The van der Waals surface area contributed by atoms with Gasteiger partial charge in [0.25, 0.3) is 0 Å². The van der Waals surface area contributed by atoms with Crippen molar-refractivity contribution in [3.63, 3.8) is 0 Å². The predicted molar refractivity (Wildman–Crippen MR) is 87.9 cm³/mol. The number of amides is 1. The van der Waals surface area contributed by atoms with E-state index in [-0.39, 0.29) is 24.3 Å². The monoisotopic (exact) mass is 296 g/mol. The Morgan fingerprint density at radius 2 is 1.64 bits per heavy atom. The fourth-order valence-corrected chi connectivity index (χ4v) is 2.10. The number of carbonyl (C=O) groups is 2. The van der Waals surface area contributed by atoms with E-state index in [1.807, 2.05) is 37.3 Å². The Morgan fingerprint density at radius 1 is 1.00 bits per heavy atom. The van der Waals surface area contributed by atoms with E-state index in [0.29, 0.717) is 11.3 Å². The van der Waals surface area contributed by atoms with Gasteiger partial charge in [0.15, 0.2) is 5.78 Å². The van der Waals surface area contributed by atoms with Crippen molar-refractivity contribution >= 4 is 17.4 Å². The van der Waals surface area contributed by atoms with Crippen LogP contribution in [-0.2, 0) is 4.79 Å². The highest BCUT2D eigenvalue weighted by Crippen LogP contribution is 2.12. The van der Waals surface area contributed by atoms with E-state index >= 15 is 0 Å². The average molecular weight is 296 g/mol. The summed E-state index contributed by atoms with van der Waals surface area (Å²) in [7, 11) is 0. The van der Waals surface area contributed by atoms with Crippen LogP contribution in [0.3, 0.4) is 0 Å². The first-order valence-electron chi connectivity index (χ1n) is 7.25. The second-order valence-corrected chi connectivity index (χ2v) is 5.19. The van der Waals surface area contributed by atoms with Crippen LogP contribution >= 0.6 is 0 Å². The fraction of sp³-hybridized carbons (Fsp3) is 0.222. The molecule has 1 atom stereocenters. The summed E-state index contributed by atoms with van der Waals surface area (Å²) in [5.74, 6) is -0.102. The molecule has 0 aromatic heterocycles. The van der Waals surface area contributed by atoms with Crippen LogP contribution in [0.15, 0.2) is 54.6 Å². The molecule has 0 saturated carbocycles.